The minimum Gasteiger partial charge on any atom is -0.382 e. The number of benzene rings is 1. The van der Waals surface area contributed by atoms with E-state index in [0.717, 1.165) is 24.5 Å². The first-order valence-corrected chi connectivity index (χ1v) is 14.3. The number of carbonyl (C=O) groups excluding carboxylic acids is 1. The van der Waals surface area contributed by atoms with Gasteiger partial charge in [0.1, 0.15) is 17.1 Å². The SMILES string of the molecule is COC1CN(c2cc(-c3cnc(N)c(-c4ccc(NC(=O)c5c(C)n(C)n(-c6cc(Cl)ccc6Cl)c5=O)cn4)n3)ccn2)C1. The van der Waals surface area contributed by atoms with Gasteiger partial charge in [-0.05, 0) is 49.4 Å². The van der Waals surface area contributed by atoms with Gasteiger partial charge in [0.2, 0.25) is 0 Å². The zero-order chi connectivity index (χ0) is 31.1. The number of aromatic nitrogens is 6. The Bertz CT molecular complexity index is 1950. The molecule has 1 saturated heterocycles. The molecule has 12 nitrogen and oxygen atoms in total. The molecule has 0 spiro atoms. The molecule has 0 atom stereocenters. The first-order chi connectivity index (χ1) is 21.1. The zero-order valence-electron chi connectivity index (χ0n) is 24.0. The fourth-order valence-electron chi connectivity index (χ4n) is 4.94. The van der Waals surface area contributed by atoms with Gasteiger partial charge in [-0.3, -0.25) is 19.3 Å². The van der Waals surface area contributed by atoms with Gasteiger partial charge in [0, 0.05) is 44.0 Å². The molecule has 1 aliphatic heterocycles. The topological polar surface area (TPSA) is 146 Å². The van der Waals surface area contributed by atoms with Crippen molar-refractivity contribution in [3.63, 3.8) is 0 Å². The van der Waals surface area contributed by atoms with Gasteiger partial charge in [-0.15, -0.1) is 0 Å². The van der Waals surface area contributed by atoms with Crippen molar-refractivity contribution in [3.8, 4) is 28.3 Å². The molecular weight excluding hydrogens is 605 g/mol. The van der Waals surface area contributed by atoms with Crippen LogP contribution in [0, 0.1) is 6.92 Å². The van der Waals surface area contributed by atoms with Crippen molar-refractivity contribution >= 4 is 46.4 Å². The summed E-state index contributed by atoms with van der Waals surface area (Å²) in [4.78, 5) is 46.7. The van der Waals surface area contributed by atoms with Gasteiger partial charge in [0.05, 0.1) is 52.0 Å². The van der Waals surface area contributed by atoms with Crippen molar-refractivity contribution in [1.29, 1.82) is 0 Å². The number of carbonyl (C=O) groups is 1. The van der Waals surface area contributed by atoms with Gasteiger partial charge >= 0.3 is 0 Å². The van der Waals surface area contributed by atoms with Crippen molar-refractivity contribution in [2.75, 3.05) is 36.1 Å². The number of pyridine rings is 2. The molecule has 224 valence electrons. The van der Waals surface area contributed by atoms with Crippen LogP contribution in [0.4, 0.5) is 17.3 Å². The van der Waals surface area contributed by atoms with E-state index >= 15 is 0 Å². The summed E-state index contributed by atoms with van der Waals surface area (Å²) in [5.41, 5.74) is 9.07. The van der Waals surface area contributed by atoms with Gasteiger partial charge in [0.15, 0.2) is 5.82 Å². The van der Waals surface area contributed by atoms with Gasteiger partial charge in [-0.1, -0.05) is 23.2 Å². The number of hydrogen-bond donors (Lipinski definition) is 2. The van der Waals surface area contributed by atoms with Gasteiger partial charge in [-0.2, -0.15) is 0 Å². The van der Waals surface area contributed by atoms with Crippen LogP contribution < -0.4 is 21.5 Å². The number of methoxy groups -OCH3 is 1. The molecule has 0 bridgehead atoms. The van der Waals surface area contributed by atoms with Crippen LogP contribution >= 0.6 is 23.2 Å². The predicted molar refractivity (Wildman–Crippen MR) is 170 cm³/mol. The van der Waals surface area contributed by atoms with Crippen molar-refractivity contribution in [2.45, 2.75) is 13.0 Å². The second-order valence-electron chi connectivity index (χ2n) is 10.2. The van der Waals surface area contributed by atoms with Crippen LogP contribution in [-0.4, -0.2) is 61.5 Å². The minimum atomic E-state index is -0.594. The number of nitrogen functional groups attached to an aromatic ring is 1. The summed E-state index contributed by atoms with van der Waals surface area (Å²) in [6.07, 6.45) is 4.99. The summed E-state index contributed by atoms with van der Waals surface area (Å²) in [6, 6.07) is 11.9. The second-order valence-corrected chi connectivity index (χ2v) is 11.1. The Balaban J connectivity index is 1.23. The molecule has 1 aliphatic rings. The van der Waals surface area contributed by atoms with Crippen LogP contribution in [0.25, 0.3) is 28.3 Å². The molecular formula is C30H27Cl2N9O3. The fraction of sp³-hybridized carbons (Fsp3) is 0.200. The van der Waals surface area contributed by atoms with Crippen molar-refractivity contribution in [2.24, 2.45) is 7.05 Å². The third kappa shape index (κ3) is 5.39. The standard InChI is InChI=1S/C30H27Cl2N9O3/c1-16-26(30(43)41(39(16)2)24-11-18(31)4-6-21(24)32)29(42)37-19-5-7-22(35-12-19)27-28(33)36-13-23(38-27)17-8-9-34-25(10-17)40-14-20(15-40)44-3/h4-13,20H,14-15H2,1-3H3,(H2,33,36)(H,37,42). The van der Waals surface area contributed by atoms with E-state index in [1.54, 1.807) is 68.5 Å². The first-order valence-electron chi connectivity index (χ1n) is 13.5. The highest BCUT2D eigenvalue weighted by molar-refractivity contribution is 6.34. The normalized spacial score (nSPS) is 13.2. The van der Waals surface area contributed by atoms with Crippen molar-refractivity contribution in [3.05, 3.63) is 92.7 Å². The monoisotopic (exact) mass is 631 g/mol. The molecule has 5 heterocycles. The largest absolute Gasteiger partial charge is 0.382 e. The average Bonchev–Trinajstić information content (AvgIpc) is 3.21. The number of rotatable bonds is 7. The lowest BCUT2D eigenvalue weighted by atomic mass is 10.1. The van der Waals surface area contributed by atoms with Crippen LogP contribution in [0.2, 0.25) is 10.0 Å². The average molecular weight is 633 g/mol. The Labute approximate surface area is 262 Å². The molecule has 0 radical (unpaired) electrons. The molecule has 3 N–H and O–H groups in total. The quantitative estimate of drug-likeness (QED) is 0.267. The lowest BCUT2D eigenvalue weighted by molar-refractivity contribution is 0.0783. The number of halogens is 2. The van der Waals surface area contributed by atoms with E-state index in [2.05, 4.69) is 25.2 Å². The van der Waals surface area contributed by atoms with E-state index in [-0.39, 0.29) is 17.5 Å². The molecule has 0 aliphatic carbocycles. The second kappa shape index (κ2) is 11.7. The fourth-order valence-corrected chi connectivity index (χ4v) is 5.31. The Morgan fingerprint density at radius 3 is 2.57 bits per heavy atom. The molecule has 1 aromatic carbocycles. The highest BCUT2D eigenvalue weighted by atomic mass is 35.5. The third-order valence-corrected chi connectivity index (χ3v) is 8.08. The molecule has 1 amide bonds. The smallest absolute Gasteiger partial charge is 0.284 e. The number of nitrogens with one attached hydrogen (secondary N) is 1. The van der Waals surface area contributed by atoms with Crippen LogP contribution in [0.1, 0.15) is 16.1 Å². The number of ether oxygens (including phenoxy) is 1. The zero-order valence-corrected chi connectivity index (χ0v) is 25.5. The van der Waals surface area contributed by atoms with E-state index in [1.165, 1.54) is 10.9 Å². The molecule has 4 aromatic heterocycles. The first kappa shape index (κ1) is 29.3. The summed E-state index contributed by atoms with van der Waals surface area (Å²) >= 11 is 12.5. The third-order valence-electron chi connectivity index (χ3n) is 7.53. The van der Waals surface area contributed by atoms with Gasteiger partial charge in [0.25, 0.3) is 11.5 Å². The summed E-state index contributed by atoms with van der Waals surface area (Å²) < 4.78 is 8.22. The predicted octanol–water partition coefficient (Wildman–Crippen LogP) is 4.37. The molecule has 14 heteroatoms. The summed E-state index contributed by atoms with van der Waals surface area (Å²) in [5, 5.41) is 3.47. The number of nitrogens with zero attached hydrogens (tertiary/aromatic N) is 7. The van der Waals surface area contributed by atoms with Crippen LogP contribution in [0.5, 0.6) is 0 Å². The van der Waals surface area contributed by atoms with Crippen LogP contribution in [0.3, 0.4) is 0 Å². The molecule has 0 unspecified atom stereocenters. The number of anilines is 3. The summed E-state index contributed by atoms with van der Waals surface area (Å²) in [6.45, 7) is 3.22. The molecule has 0 saturated carbocycles. The Hall–Kier alpha value is -4.78. The number of hydrogen-bond acceptors (Lipinski definition) is 9. The molecule has 6 rings (SSSR count). The maximum absolute atomic E-state index is 13.4. The van der Waals surface area contributed by atoms with E-state index in [4.69, 9.17) is 38.7 Å². The Morgan fingerprint density at radius 1 is 1.05 bits per heavy atom. The van der Waals surface area contributed by atoms with E-state index in [1.807, 2.05) is 12.1 Å². The van der Waals surface area contributed by atoms with Crippen molar-refractivity contribution < 1.29 is 9.53 Å². The van der Waals surface area contributed by atoms with Gasteiger partial charge in [-0.25, -0.2) is 19.6 Å². The van der Waals surface area contributed by atoms with Crippen molar-refractivity contribution in [1.82, 2.24) is 29.3 Å². The maximum atomic E-state index is 13.4. The minimum absolute atomic E-state index is 0.0388. The van der Waals surface area contributed by atoms with Crippen LogP contribution in [0.15, 0.2) is 65.8 Å². The number of nitrogens with two attached hydrogens (primary N) is 1. The summed E-state index contributed by atoms with van der Waals surface area (Å²) in [5.74, 6) is 0.437. The lowest BCUT2D eigenvalue weighted by Crippen LogP contribution is -2.52. The van der Waals surface area contributed by atoms with E-state index in [0.29, 0.717) is 44.2 Å². The van der Waals surface area contributed by atoms with Gasteiger partial charge < -0.3 is 20.7 Å². The Morgan fingerprint density at radius 2 is 1.84 bits per heavy atom. The maximum Gasteiger partial charge on any atom is 0.284 e. The highest BCUT2D eigenvalue weighted by Gasteiger charge is 2.28. The number of amides is 1. The Kier molecular flexibility index (Phi) is 7.80. The molecule has 1 fully saturated rings. The summed E-state index contributed by atoms with van der Waals surface area (Å²) in [7, 11) is 3.36. The van der Waals surface area contributed by atoms with E-state index in [9.17, 15) is 9.59 Å². The van der Waals surface area contributed by atoms with E-state index < -0.39 is 11.5 Å². The molecule has 5 aromatic rings. The lowest BCUT2D eigenvalue weighted by Gasteiger charge is -2.39. The van der Waals surface area contributed by atoms with Crippen LogP contribution in [-0.2, 0) is 11.8 Å². The molecule has 44 heavy (non-hydrogen) atoms. The highest BCUT2D eigenvalue weighted by Crippen LogP contribution is 2.29.